The van der Waals surface area contributed by atoms with Crippen molar-refractivity contribution in [3.63, 3.8) is 0 Å². The summed E-state index contributed by atoms with van der Waals surface area (Å²) in [4.78, 5) is 3.26. The second-order valence-corrected chi connectivity index (χ2v) is 6.02. The van der Waals surface area contributed by atoms with Crippen molar-refractivity contribution in [2.75, 3.05) is 5.32 Å². The number of hydrogen-bond acceptors (Lipinski definition) is 1. The lowest BCUT2D eigenvalue weighted by Crippen LogP contribution is -1.99. The van der Waals surface area contributed by atoms with Gasteiger partial charge in [-0.3, -0.25) is 0 Å². The van der Waals surface area contributed by atoms with Gasteiger partial charge in [0.1, 0.15) is 0 Å². The number of aryl methyl sites for hydroxylation is 1. The van der Waals surface area contributed by atoms with Gasteiger partial charge in [-0.1, -0.05) is 29.8 Å². The molecule has 0 fully saturated rings. The lowest BCUT2D eigenvalue weighted by molar-refractivity contribution is 1.15. The minimum absolute atomic E-state index is 0.750. The second-order valence-electron chi connectivity index (χ2n) is 4.79. The van der Waals surface area contributed by atoms with Gasteiger partial charge < -0.3 is 10.3 Å². The van der Waals surface area contributed by atoms with E-state index in [2.05, 4.69) is 57.4 Å². The van der Waals surface area contributed by atoms with E-state index in [9.17, 15) is 0 Å². The number of fused-ring (bicyclic) bond motifs is 1. The molecule has 0 aliphatic heterocycles. The summed E-state index contributed by atoms with van der Waals surface area (Å²) in [5.41, 5.74) is 4.62. The van der Waals surface area contributed by atoms with Crippen LogP contribution in [0.25, 0.3) is 10.9 Å². The minimum Gasteiger partial charge on any atom is -0.380 e. The van der Waals surface area contributed by atoms with Crippen LogP contribution in [0, 0.1) is 6.92 Å². The van der Waals surface area contributed by atoms with E-state index in [4.69, 9.17) is 11.6 Å². The van der Waals surface area contributed by atoms with Crippen LogP contribution in [0.3, 0.4) is 0 Å². The molecule has 3 rings (SSSR count). The number of nitrogens with one attached hydrogen (secondary N) is 2. The number of aromatic amines is 1. The van der Waals surface area contributed by atoms with Crippen LogP contribution < -0.4 is 5.32 Å². The van der Waals surface area contributed by atoms with Crippen molar-refractivity contribution in [2.24, 2.45) is 0 Å². The van der Waals surface area contributed by atoms with E-state index in [-0.39, 0.29) is 0 Å². The van der Waals surface area contributed by atoms with Crippen LogP contribution in [0.2, 0.25) is 5.02 Å². The molecule has 20 heavy (non-hydrogen) atoms. The normalized spacial score (nSPS) is 10.9. The number of aromatic nitrogens is 1. The summed E-state index contributed by atoms with van der Waals surface area (Å²) in [5, 5.41) is 5.41. The predicted molar refractivity (Wildman–Crippen MR) is 89.5 cm³/mol. The minimum atomic E-state index is 0.750. The van der Waals surface area contributed by atoms with Crippen LogP contribution >= 0.6 is 27.5 Å². The lowest BCUT2D eigenvalue weighted by Gasteiger charge is -2.09. The quantitative estimate of drug-likeness (QED) is 0.641. The molecule has 102 valence electrons. The van der Waals surface area contributed by atoms with Crippen LogP contribution in [0.15, 0.2) is 47.1 Å². The highest BCUT2D eigenvalue weighted by atomic mass is 79.9. The average Bonchev–Trinajstić information content (AvgIpc) is 2.83. The average molecular weight is 350 g/mol. The molecule has 0 unspecified atom stereocenters. The van der Waals surface area contributed by atoms with Crippen LogP contribution in [0.5, 0.6) is 0 Å². The number of hydrogen-bond donors (Lipinski definition) is 2. The van der Waals surface area contributed by atoms with Crippen LogP contribution in [-0.4, -0.2) is 4.98 Å². The van der Waals surface area contributed by atoms with E-state index in [0.717, 1.165) is 27.2 Å². The van der Waals surface area contributed by atoms with Crippen LogP contribution in [-0.2, 0) is 6.54 Å². The Morgan fingerprint density at radius 3 is 2.95 bits per heavy atom. The molecule has 0 saturated carbocycles. The van der Waals surface area contributed by atoms with E-state index in [1.165, 1.54) is 16.5 Å². The van der Waals surface area contributed by atoms with Gasteiger partial charge in [0, 0.05) is 38.8 Å². The van der Waals surface area contributed by atoms with Crippen LogP contribution in [0.4, 0.5) is 5.69 Å². The SMILES string of the molecule is Cc1cccc(NCc2c[nH]c3cc(Cl)ccc23)c1Br. The zero-order valence-corrected chi connectivity index (χ0v) is 13.3. The number of halogens is 2. The largest absolute Gasteiger partial charge is 0.380 e. The number of anilines is 1. The Hall–Kier alpha value is -1.45. The van der Waals surface area contributed by atoms with Crippen molar-refractivity contribution in [1.82, 2.24) is 4.98 Å². The Morgan fingerprint density at radius 2 is 2.10 bits per heavy atom. The highest BCUT2D eigenvalue weighted by Gasteiger charge is 2.06. The van der Waals surface area contributed by atoms with Gasteiger partial charge in [0.15, 0.2) is 0 Å². The number of benzene rings is 2. The topological polar surface area (TPSA) is 27.8 Å². The van der Waals surface area contributed by atoms with Gasteiger partial charge in [0.05, 0.1) is 0 Å². The van der Waals surface area contributed by atoms with Crippen molar-refractivity contribution in [2.45, 2.75) is 13.5 Å². The standard InChI is InChI=1S/C16H14BrClN2/c1-10-3-2-4-14(16(10)17)19-8-11-9-20-15-7-12(18)5-6-13(11)15/h2-7,9,19-20H,8H2,1H3. The van der Waals surface area contributed by atoms with E-state index in [0.29, 0.717) is 0 Å². The molecule has 2 nitrogen and oxygen atoms in total. The third kappa shape index (κ3) is 2.56. The van der Waals surface area contributed by atoms with Gasteiger partial charge in [-0.15, -0.1) is 0 Å². The van der Waals surface area contributed by atoms with E-state index in [1.807, 2.05) is 18.3 Å². The fraction of sp³-hybridized carbons (Fsp3) is 0.125. The van der Waals surface area contributed by atoms with Gasteiger partial charge in [0.2, 0.25) is 0 Å². The maximum absolute atomic E-state index is 6.00. The molecule has 1 heterocycles. The Balaban J connectivity index is 1.85. The summed E-state index contributed by atoms with van der Waals surface area (Å²) in [6.45, 7) is 2.85. The zero-order chi connectivity index (χ0) is 14.1. The molecule has 0 aliphatic carbocycles. The molecule has 4 heteroatoms. The van der Waals surface area contributed by atoms with Crippen molar-refractivity contribution >= 4 is 44.1 Å². The molecule has 0 amide bonds. The first-order chi connectivity index (χ1) is 9.65. The van der Waals surface area contributed by atoms with E-state index in [1.54, 1.807) is 0 Å². The molecule has 3 aromatic rings. The maximum Gasteiger partial charge on any atom is 0.0490 e. The lowest BCUT2D eigenvalue weighted by atomic mass is 10.1. The fourth-order valence-electron chi connectivity index (χ4n) is 2.28. The highest BCUT2D eigenvalue weighted by Crippen LogP contribution is 2.27. The van der Waals surface area contributed by atoms with Crippen molar-refractivity contribution in [3.05, 3.63) is 63.2 Å². The maximum atomic E-state index is 6.00. The Labute approximate surface area is 131 Å². The van der Waals surface area contributed by atoms with Gasteiger partial charge in [-0.25, -0.2) is 0 Å². The monoisotopic (exact) mass is 348 g/mol. The first-order valence-electron chi connectivity index (χ1n) is 6.39. The van der Waals surface area contributed by atoms with Gasteiger partial charge in [0.25, 0.3) is 0 Å². The highest BCUT2D eigenvalue weighted by molar-refractivity contribution is 9.10. The molecule has 0 aliphatic rings. The molecule has 2 aromatic carbocycles. The first kappa shape index (κ1) is 13.5. The number of H-pyrrole nitrogens is 1. The molecule has 0 saturated heterocycles. The summed E-state index contributed by atoms with van der Waals surface area (Å²) < 4.78 is 1.11. The van der Waals surface area contributed by atoms with E-state index < -0.39 is 0 Å². The summed E-state index contributed by atoms with van der Waals surface area (Å²) in [6.07, 6.45) is 2.03. The van der Waals surface area contributed by atoms with Crippen molar-refractivity contribution in [3.8, 4) is 0 Å². The molecule has 1 aromatic heterocycles. The van der Waals surface area contributed by atoms with Gasteiger partial charge >= 0.3 is 0 Å². The summed E-state index contributed by atoms with van der Waals surface area (Å²) in [7, 11) is 0. The smallest absolute Gasteiger partial charge is 0.0490 e. The fourth-order valence-corrected chi connectivity index (χ4v) is 2.86. The van der Waals surface area contributed by atoms with Crippen molar-refractivity contribution < 1.29 is 0 Å². The zero-order valence-electron chi connectivity index (χ0n) is 11.0. The van der Waals surface area contributed by atoms with Crippen molar-refractivity contribution in [1.29, 1.82) is 0 Å². The van der Waals surface area contributed by atoms with E-state index >= 15 is 0 Å². The summed E-state index contributed by atoms with van der Waals surface area (Å²) >= 11 is 9.61. The molecule has 0 spiro atoms. The molecular weight excluding hydrogens is 336 g/mol. The summed E-state index contributed by atoms with van der Waals surface area (Å²) in [6, 6.07) is 12.1. The first-order valence-corrected chi connectivity index (χ1v) is 7.57. The Bertz CT molecular complexity index is 764. The molecular formula is C16H14BrClN2. The molecule has 0 atom stereocenters. The number of rotatable bonds is 3. The van der Waals surface area contributed by atoms with Crippen LogP contribution in [0.1, 0.15) is 11.1 Å². The molecule has 0 bridgehead atoms. The van der Waals surface area contributed by atoms with Gasteiger partial charge in [-0.05, 0) is 52.2 Å². The molecule has 0 radical (unpaired) electrons. The summed E-state index contributed by atoms with van der Waals surface area (Å²) in [5.74, 6) is 0. The third-order valence-electron chi connectivity index (χ3n) is 3.39. The van der Waals surface area contributed by atoms with Gasteiger partial charge in [-0.2, -0.15) is 0 Å². The molecule has 2 N–H and O–H groups in total. The predicted octanol–water partition coefficient (Wildman–Crippen LogP) is 5.50. The third-order valence-corrected chi connectivity index (χ3v) is 4.68. The Kier molecular flexibility index (Phi) is 3.72. The Morgan fingerprint density at radius 1 is 1.25 bits per heavy atom. The second kappa shape index (κ2) is 5.51.